The number of ether oxygens (including phenoxy) is 1. The molecule has 1 aliphatic heterocycles. The molecule has 4 heterocycles. The second kappa shape index (κ2) is 8.30. The first-order valence-corrected chi connectivity index (χ1v) is 12.2. The number of hydrogen-bond acceptors (Lipinski definition) is 6. The van der Waals surface area contributed by atoms with Crippen LogP contribution in [0.15, 0.2) is 49.1 Å². The normalized spacial score (nSPS) is 20.1. The number of aromatic nitrogens is 5. The van der Waals surface area contributed by atoms with E-state index in [4.69, 9.17) is 11.2 Å². The van der Waals surface area contributed by atoms with Crippen LogP contribution in [0.25, 0.3) is 16.7 Å². The van der Waals surface area contributed by atoms with Crippen molar-refractivity contribution in [2.45, 2.75) is 31.6 Å². The van der Waals surface area contributed by atoms with Gasteiger partial charge in [-0.15, -0.1) is 6.42 Å². The van der Waals surface area contributed by atoms with Gasteiger partial charge >= 0.3 is 0 Å². The number of aromatic amines is 1. The Kier molecular flexibility index (Phi) is 5.16. The zero-order valence-corrected chi connectivity index (χ0v) is 20.7. The van der Waals surface area contributed by atoms with Crippen molar-refractivity contribution in [1.82, 2.24) is 29.6 Å². The minimum atomic E-state index is -0.588. The number of terminal acetylenes is 1. The molecule has 6 rings (SSSR count). The van der Waals surface area contributed by atoms with E-state index < -0.39 is 11.7 Å². The van der Waals surface area contributed by atoms with Gasteiger partial charge in [0.2, 0.25) is 0 Å². The Hall–Kier alpha value is -4.45. The van der Waals surface area contributed by atoms with E-state index in [2.05, 4.69) is 38.1 Å². The SMILES string of the molecule is C#CC1(c2ccccc2)CC12CCN(C(=O)C(=O)c1c[nH]c3c(-n4cnc(C)n4)ncc(OC)c13)CC2. The highest BCUT2D eigenvalue weighted by Gasteiger charge is 2.67. The monoisotopic (exact) mass is 494 g/mol. The van der Waals surface area contributed by atoms with Crippen LogP contribution in [0, 0.1) is 24.7 Å². The number of carbonyl (C=O) groups excluding carboxylic acids is 2. The standard InChI is InChI=1S/C28H26N6O3/c1-4-28(19-8-6-5-7-9-19)16-27(28)10-12-33(13-11-27)26(36)24(35)20-14-29-23-22(20)21(37-3)15-30-25(23)34-17-31-18(2)32-34/h1,5-9,14-15,17,29H,10-13,16H2,2-3H3. The van der Waals surface area contributed by atoms with Crippen LogP contribution < -0.4 is 4.74 Å². The minimum Gasteiger partial charge on any atom is -0.494 e. The lowest BCUT2D eigenvalue weighted by atomic mass is 9.80. The van der Waals surface area contributed by atoms with E-state index >= 15 is 0 Å². The van der Waals surface area contributed by atoms with Gasteiger partial charge in [-0.05, 0) is 37.2 Å². The Bertz CT molecular complexity index is 1570. The first-order chi connectivity index (χ1) is 17.9. The first kappa shape index (κ1) is 23.0. The summed E-state index contributed by atoms with van der Waals surface area (Å²) in [5.74, 6) is 3.39. The van der Waals surface area contributed by atoms with Crippen LogP contribution in [-0.4, -0.2) is 61.5 Å². The number of carbonyl (C=O) groups is 2. The molecule has 1 amide bonds. The summed E-state index contributed by atoms with van der Waals surface area (Å²) in [7, 11) is 1.50. The number of aryl methyl sites for hydroxylation is 1. The molecule has 2 aliphatic rings. The zero-order valence-electron chi connectivity index (χ0n) is 20.7. The van der Waals surface area contributed by atoms with Crippen molar-refractivity contribution in [2.24, 2.45) is 5.41 Å². The molecule has 1 N–H and O–H groups in total. The van der Waals surface area contributed by atoms with Crippen molar-refractivity contribution in [3.8, 4) is 23.9 Å². The topological polar surface area (TPSA) is 106 Å². The third-order valence-electron chi connectivity index (χ3n) is 8.04. The van der Waals surface area contributed by atoms with Gasteiger partial charge in [0.05, 0.1) is 35.2 Å². The van der Waals surface area contributed by atoms with Gasteiger partial charge in [0.25, 0.3) is 11.7 Å². The molecule has 1 saturated heterocycles. The molecule has 1 unspecified atom stereocenters. The predicted octanol–water partition coefficient (Wildman–Crippen LogP) is 3.23. The summed E-state index contributed by atoms with van der Waals surface area (Å²) < 4.78 is 7.01. The van der Waals surface area contributed by atoms with Gasteiger partial charge in [-0.25, -0.2) is 14.6 Å². The van der Waals surface area contributed by atoms with Gasteiger partial charge in [0.15, 0.2) is 5.82 Å². The van der Waals surface area contributed by atoms with Crippen LogP contribution in [0.1, 0.15) is 41.0 Å². The number of amides is 1. The third kappa shape index (κ3) is 3.36. The average molecular weight is 495 g/mol. The van der Waals surface area contributed by atoms with Crippen molar-refractivity contribution in [2.75, 3.05) is 20.2 Å². The van der Waals surface area contributed by atoms with Crippen LogP contribution in [0.3, 0.4) is 0 Å². The molecule has 4 aromatic rings. The highest BCUT2D eigenvalue weighted by atomic mass is 16.5. The molecular formula is C28H26N6O3. The molecule has 1 aromatic carbocycles. The molecule has 186 valence electrons. The highest BCUT2D eigenvalue weighted by Crippen LogP contribution is 2.69. The molecule has 2 fully saturated rings. The van der Waals surface area contributed by atoms with Gasteiger partial charge < -0.3 is 14.6 Å². The first-order valence-electron chi connectivity index (χ1n) is 12.2. The number of likely N-dealkylation sites (tertiary alicyclic amines) is 1. The van der Waals surface area contributed by atoms with Gasteiger partial charge in [-0.3, -0.25) is 9.59 Å². The second-order valence-electron chi connectivity index (χ2n) is 9.83. The van der Waals surface area contributed by atoms with E-state index in [-0.39, 0.29) is 16.4 Å². The summed E-state index contributed by atoms with van der Waals surface area (Å²) in [6.07, 6.45) is 13.1. The van der Waals surface area contributed by atoms with Crippen LogP contribution in [-0.2, 0) is 10.2 Å². The van der Waals surface area contributed by atoms with E-state index in [1.807, 2.05) is 18.2 Å². The Morgan fingerprint density at radius 2 is 1.92 bits per heavy atom. The summed E-state index contributed by atoms with van der Waals surface area (Å²) in [5, 5.41) is 4.81. The number of Topliss-reactive ketones (excluding diaryl/α,β-unsaturated/α-hetero) is 1. The number of pyridine rings is 1. The number of H-pyrrole nitrogens is 1. The fraction of sp³-hybridized carbons (Fsp3) is 0.321. The van der Waals surface area contributed by atoms with E-state index in [9.17, 15) is 9.59 Å². The lowest BCUT2D eigenvalue weighted by Crippen LogP contribution is -2.44. The maximum atomic E-state index is 13.5. The summed E-state index contributed by atoms with van der Waals surface area (Å²) in [6.45, 7) is 2.76. The number of rotatable bonds is 5. The van der Waals surface area contributed by atoms with E-state index in [0.717, 1.165) is 24.8 Å². The fourth-order valence-corrected chi connectivity index (χ4v) is 5.94. The van der Waals surface area contributed by atoms with E-state index in [1.54, 1.807) is 18.2 Å². The number of benzene rings is 1. The molecule has 9 heteroatoms. The van der Waals surface area contributed by atoms with Crippen molar-refractivity contribution >= 4 is 22.6 Å². The summed E-state index contributed by atoms with van der Waals surface area (Å²) in [5.41, 5.74) is 1.62. The quantitative estimate of drug-likeness (QED) is 0.259. The van der Waals surface area contributed by atoms with E-state index in [0.29, 0.717) is 41.4 Å². The largest absolute Gasteiger partial charge is 0.494 e. The summed E-state index contributed by atoms with van der Waals surface area (Å²) in [6, 6.07) is 10.2. The Balaban J connectivity index is 1.25. The molecule has 3 aromatic heterocycles. The molecule has 1 aliphatic carbocycles. The minimum absolute atomic E-state index is 0.0244. The smallest absolute Gasteiger partial charge is 0.295 e. The molecule has 37 heavy (non-hydrogen) atoms. The number of methoxy groups -OCH3 is 1. The number of ketones is 1. The zero-order chi connectivity index (χ0) is 25.8. The van der Waals surface area contributed by atoms with Crippen molar-refractivity contribution in [1.29, 1.82) is 0 Å². The molecule has 1 spiro atoms. The molecular weight excluding hydrogens is 468 g/mol. The van der Waals surface area contributed by atoms with Crippen molar-refractivity contribution < 1.29 is 14.3 Å². The van der Waals surface area contributed by atoms with Gasteiger partial charge in [-0.2, -0.15) is 5.10 Å². The fourth-order valence-electron chi connectivity index (χ4n) is 5.94. The van der Waals surface area contributed by atoms with Crippen molar-refractivity contribution in [3.05, 3.63) is 66.0 Å². The maximum Gasteiger partial charge on any atom is 0.295 e. The molecule has 1 saturated carbocycles. The van der Waals surface area contributed by atoms with Crippen molar-refractivity contribution in [3.63, 3.8) is 0 Å². The molecule has 9 nitrogen and oxygen atoms in total. The van der Waals surface area contributed by atoms with Gasteiger partial charge in [0.1, 0.15) is 17.9 Å². The number of piperidine rings is 1. The lowest BCUT2D eigenvalue weighted by Gasteiger charge is -2.34. The Morgan fingerprint density at radius 3 is 2.57 bits per heavy atom. The summed E-state index contributed by atoms with van der Waals surface area (Å²) in [4.78, 5) is 40.1. The number of hydrogen-bond donors (Lipinski definition) is 1. The lowest BCUT2D eigenvalue weighted by molar-refractivity contribution is -0.128. The van der Waals surface area contributed by atoms with Gasteiger partial charge in [-0.1, -0.05) is 36.3 Å². The summed E-state index contributed by atoms with van der Waals surface area (Å²) >= 11 is 0. The van der Waals surface area contributed by atoms with Crippen LogP contribution >= 0.6 is 0 Å². The Morgan fingerprint density at radius 1 is 1.16 bits per heavy atom. The van der Waals surface area contributed by atoms with Crippen LogP contribution in [0.4, 0.5) is 0 Å². The highest BCUT2D eigenvalue weighted by molar-refractivity contribution is 6.45. The average Bonchev–Trinajstić information content (AvgIpc) is 3.21. The van der Waals surface area contributed by atoms with Crippen LogP contribution in [0.5, 0.6) is 5.75 Å². The number of fused-ring (bicyclic) bond motifs is 1. The van der Waals surface area contributed by atoms with Gasteiger partial charge in [0, 0.05) is 19.3 Å². The third-order valence-corrected chi connectivity index (χ3v) is 8.04. The molecule has 1 atom stereocenters. The maximum absolute atomic E-state index is 13.5. The predicted molar refractivity (Wildman–Crippen MR) is 136 cm³/mol. The molecule has 0 bridgehead atoms. The number of nitrogens with zero attached hydrogens (tertiary/aromatic N) is 5. The molecule has 0 radical (unpaired) electrons. The second-order valence-corrected chi connectivity index (χ2v) is 9.83. The number of nitrogens with one attached hydrogen (secondary N) is 1. The Labute approximate surface area is 213 Å². The van der Waals surface area contributed by atoms with E-state index in [1.165, 1.54) is 24.2 Å². The van der Waals surface area contributed by atoms with Crippen LogP contribution in [0.2, 0.25) is 0 Å².